The molecule has 0 aromatic carbocycles. The van der Waals surface area contributed by atoms with E-state index in [0.717, 1.165) is 51.4 Å². The Balaban J connectivity index is 2.54. The molecular formula is C44H73O13P. The summed E-state index contributed by atoms with van der Waals surface area (Å²) in [4.78, 5) is 47.6. The van der Waals surface area contributed by atoms with Crippen molar-refractivity contribution in [2.24, 2.45) is 11.8 Å². The van der Waals surface area contributed by atoms with Gasteiger partial charge in [0.05, 0.1) is 32.0 Å². The average Bonchev–Trinajstić information content (AvgIpc) is 3.47. The minimum atomic E-state index is -4.70. The highest BCUT2D eigenvalue weighted by Crippen LogP contribution is 2.43. The lowest BCUT2D eigenvalue weighted by Crippen LogP contribution is -2.29. The van der Waals surface area contributed by atoms with Gasteiger partial charge in [-0.05, 0) is 70.6 Å². The maximum atomic E-state index is 12.7. The number of rotatable bonds is 35. The van der Waals surface area contributed by atoms with E-state index in [2.05, 4.69) is 54.8 Å². The highest BCUT2D eigenvalue weighted by Gasteiger charge is 2.39. The highest BCUT2D eigenvalue weighted by molar-refractivity contribution is 7.47. The monoisotopic (exact) mass is 840 g/mol. The van der Waals surface area contributed by atoms with Crippen LogP contribution in [0.25, 0.3) is 0 Å². The summed E-state index contributed by atoms with van der Waals surface area (Å²) in [6.45, 7) is 1.87. The van der Waals surface area contributed by atoms with E-state index in [4.69, 9.17) is 19.1 Å². The number of ether oxygens (including phenoxy) is 2. The van der Waals surface area contributed by atoms with Gasteiger partial charge in [-0.3, -0.25) is 23.4 Å². The number of esters is 2. The van der Waals surface area contributed by atoms with Crippen LogP contribution in [-0.4, -0.2) is 93.9 Å². The van der Waals surface area contributed by atoms with E-state index in [1.807, 2.05) is 12.2 Å². The molecule has 58 heavy (non-hydrogen) atoms. The lowest BCUT2D eigenvalue weighted by molar-refractivity contribution is -0.161. The highest BCUT2D eigenvalue weighted by atomic mass is 31.2. The number of carbonyl (C=O) groups excluding carboxylic acids is 3. The second-order valence-corrected chi connectivity index (χ2v) is 16.2. The summed E-state index contributed by atoms with van der Waals surface area (Å²) >= 11 is 0. The molecule has 0 aromatic heterocycles. The van der Waals surface area contributed by atoms with E-state index in [9.17, 15) is 39.2 Å². The number of carbonyl (C=O) groups is 3. The van der Waals surface area contributed by atoms with Crippen LogP contribution in [0.3, 0.4) is 0 Å². The Morgan fingerprint density at radius 3 is 2.03 bits per heavy atom. The van der Waals surface area contributed by atoms with Crippen molar-refractivity contribution in [2.75, 3.05) is 26.4 Å². The largest absolute Gasteiger partial charge is 0.472 e. The van der Waals surface area contributed by atoms with Crippen LogP contribution in [0.15, 0.2) is 60.8 Å². The van der Waals surface area contributed by atoms with E-state index >= 15 is 0 Å². The maximum absolute atomic E-state index is 12.7. The molecule has 1 aliphatic rings. The number of hydrogen-bond donors (Lipinski definition) is 5. The number of hydrogen-bond acceptors (Lipinski definition) is 12. The van der Waals surface area contributed by atoms with Crippen LogP contribution in [-0.2, 0) is 37.5 Å². The molecule has 0 aliphatic heterocycles. The molecule has 0 aromatic rings. The first-order valence-electron chi connectivity index (χ1n) is 21.3. The number of Topliss-reactive ketones (excluding diaryl/α,β-unsaturated/α-hetero) is 1. The van der Waals surface area contributed by atoms with Gasteiger partial charge < -0.3 is 34.8 Å². The van der Waals surface area contributed by atoms with E-state index in [-0.39, 0.29) is 31.0 Å². The minimum absolute atomic E-state index is 0.0178. The molecule has 1 rings (SSSR count). The molecular weight excluding hydrogens is 767 g/mol. The Morgan fingerprint density at radius 2 is 1.36 bits per heavy atom. The third-order valence-corrected chi connectivity index (χ3v) is 10.5. The average molecular weight is 841 g/mol. The molecule has 1 unspecified atom stereocenters. The molecule has 1 aliphatic carbocycles. The van der Waals surface area contributed by atoms with Crippen LogP contribution in [0.4, 0.5) is 0 Å². The molecule has 1 saturated carbocycles. The van der Waals surface area contributed by atoms with Gasteiger partial charge in [0.2, 0.25) is 0 Å². The molecule has 0 spiro atoms. The van der Waals surface area contributed by atoms with Crippen LogP contribution >= 0.6 is 7.82 Å². The summed E-state index contributed by atoms with van der Waals surface area (Å²) in [5.74, 6) is -2.00. The summed E-state index contributed by atoms with van der Waals surface area (Å²) in [6, 6.07) is 0. The van der Waals surface area contributed by atoms with Gasteiger partial charge in [-0.1, -0.05) is 107 Å². The maximum Gasteiger partial charge on any atom is 0.472 e. The quantitative estimate of drug-likeness (QED) is 0.0180. The first-order valence-corrected chi connectivity index (χ1v) is 22.8. The van der Waals surface area contributed by atoms with Crippen LogP contribution in [0, 0.1) is 11.8 Å². The van der Waals surface area contributed by atoms with E-state index in [1.54, 1.807) is 12.2 Å². The zero-order valence-electron chi connectivity index (χ0n) is 35.0. The lowest BCUT2D eigenvalue weighted by Gasteiger charge is -2.20. The SMILES string of the molecule is CCCCC/C=C\C/C=C\C/C=C\CCCCC(=O)OC[C@H](COP(=O)(O)OC[C@@H](O)CO)OC(=O)CCC/C=C\C[C@H]1[C@@H](O)CC(=O)[C@@H]1/C=C/[C@@H](O)CCCCC. The fourth-order valence-corrected chi connectivity index (χ4v) is 6.89. The molecule has 332 valence electrons. The number of phosphoric acid groups is 1. The van der Waals surface area contributed by atoms with Gasteiger partial charge in [0, 0.05) is 31.1 Å². The third-order valence-electron chi connectivity index (χ3n) is 9.52. The molecule has 14 heteroatoms. The molecule has 5 N–H and O–H groups in total. The van der Waals surface area contributed by atoms with E-state index < -0.39 is 76.5 Å². The number of unbranched alkanes of at least 4 members (excludes halogenated alkanes) is 8. The van der Waals surface area contributed by atoms with Crippen LogP contribution in [0.2, 0.25) is 0 Å². The van der Waals surface area contributed by atoms with E-state index in [0.29, 0.717) is 32.1 Å². The Labute approximate surface area is 346 Å². The van der Waals surface area contributed by atoms with Gasteiger partial charge in [0.25, 0.3) is 0 Å². The third kappa shape index (κ3) is 27.9. The summed E-state index contributed by atoms with van der Waals surface area (Å²) in [5, 5.41) is 39.1. The smallest absolute Gasteiger partial charge is 0.462 e. The Kier molecular flexibility index (Phi) is 31.3. The van der Waals surface area contributed by atoms with Crippen molar-refractivity contribution in [2.45, 2.75) is 160 Å². The zero-order chi connectivity index (χ0) is 42.9. The van der Waals surface area contributed by atoms with Crippen molar-refractivity contribution in [3.05, 3.63) is 60.8 Å². The predicted octanol–water partition coefficient (Wildman–Crippen LogP) is 7.70. The topological polar surface area (TPSA) is 206 Å². The van der Waals surface area contributed by atoms with Gasteiger partial charge in [-0.15, -0.1) is 0 Å². The number of phosphoric ester groups is 1. The summed E-state index contributed by atoms with van der Waals surface area (Å²) in [5.41, 5.74) is 0. The van der Waals surface area contributed by atoms with Gasteiger partial charge in [0.1, 0.15) is 18.5 Å². The number of aliphatic hydroxyl groups is 4. The van der Waals surface area contributed by atoms with Crippen LogP contribution in [0.1, 0.15) is 136 Å². The van der Waals surface area contributed by atoms with Gasteiger partial charge in [-0.2, -0.15) is 0 Å². The second kappa shape index (κ2) is 34.0. The molecule has 0 amide bonds. The second-order valence-electron chi connectivity index (χ2n) is 14.8. The first-order chi connectivity index (χ1) is 27.9. The zero-order valence-corrected chi connectivity index (χ0v) is 35.8. The summed E-state index contributed by atoms with van der Waals surface area (Å²) < 4.78 is 32.6. The Morgan fingerprint density at radius 1 is 0.776 bits per heavy atom. The number of ketones is 1. The Bertz CT molecular complexity index is 1310. The van der Waals surface area contributed by atoms with Crippen molar-refractivity contribution < 1.29 is 62.8 Å². The molecule has 1 fully saturated rings. The molecule has 7 atom stereocenters. The molecule has 13 nitrogen and oxygen atoms in total. The molecule has 0 bridgehead atoms. The van der Waals surface area contributed by atoms with Crippen molar-refractivity contribution >= 4 is 25.5 Å². The van der Waals surface area contributed by atoms with Crippen LogP contribution < -0.4 is 0 Å². The first kappa shape index (κ1) is 53.3. The fraction of sp³-hybridized carbons (Fsp3) is 0.705. The van der Waals surface area contributed by atoms with Crippen molar-refractivity contribution in [1.82, 2.24) is 0 Å². The molecule has 0 heterocycles. The van der Waals surface area contributed by atoms with E-state index in [1.165, 1.54) is 19.3 Å². The molecule has 0 radical (unpaired) electrons. The minimum Gasteiger partial charge on any atom is -0.462 e. The normalized spacial score (nSPS) is 20.2. The van der Waals surface area contributed by atoms with Crippen molar-refractivity contribution in [1.29, 1.82) is 0 Å². The summed E-state index contributed by atoms with van der Waals surface area (Å²) in [7, 11) is -4.70. The number of aliphatic hydroxyl groups excluding tert-OH is 4. The van der Waals surface area contributed by atoms with Crippen LogP contribution in [0.5, 0.6) is 0 Å². The van der Waals surface area contributed by atoms with Gasteiger partial charge in [0.15, 0.2) is 6.10 Å². The lowest BCUT2D eigenvalue weighted by atomic mass is 9.90. The van der Waals surface area contributed by atoms with Gasteiger partial charge in [-0.25, -0.2) is 4.57 Å². The van der Waals surface area contributed by atoms with Gasteiger partial charge >= 0.3 is 19.8 Å². The standard InChI is InChI=1S/C44H73O13P/c1-3-5-7-8-9-10-11-12-13-14-15-16-17-18-23-27-43(50)54-34-38(35-56-58(52,53)55-33-37(47)32-45)57-44(51)28-24-20-19-22-26-39-40(42(49)31-41(39)48)30-29-36(46)25-21-6-4-2/h9-10,12-13,15-16,19,22,29-30,36-41,45-48H,3-8,11,14,17-18,20-21,23-28,31-35H2,1-2H3,(H,52,53)/b10-9-,13-12-,16-15-,22-19-,30-29+/t36-,37-,38+,39+,40+,41-/m0/s1. The Hall–Kier alpha value is -2.74. The van der Waals surface area contributed by atoms with Crippen molar-refractivity contribution in [3.8, 4) is 0 Å². The summed E-state index contributed by atoms with van der Waals surface area (Å²) in [6.07, 6.45) is 29.9. The number of allylic oxidation sites excluding steroid dienone is 9. The predicted molar refractivity (Wildman–Crippen MR) is 224 cm³/mol. The molecule has 0 saturated heterocycles. The fourth-order valence-electron chi connectivity index (χ4n) is 6.10. The van der Waals surface area contributed by atoms with Crippen molar-refractivity contribution in [3.63, 3.8) is 0 Å².